The molecule has 1 atom stereocenters. The highest BCUT2D eigenvalue weighted by molar-refractivity contribution is 6.32. The van der Waals surface area contributed by atoms with Gasteiger partial charge < -0.3 is 24.7 Å². The van der Waals surface area contributed by atoms with Crippen LogP contribution < -0.4 is 16.0 Å². The number of benzene rings is 1. The highest BCUT2D eigenvalue weighted by Crippen LogP contribution is 2.30. The first kappa shape index (κ1) is 17.8. The summed E-state index contributed by atoms with van der Waals surface area (Å²) in [5, 5.41) is 23.3. The van der Waals surface area contributed by atoms with Gasteiger partial charge in [0.15, 0.2) is 0 Å². The van der Waals surface area contributed by atoms with Gasteiger partial charge in [-0.25, -0.2) is 4.79 Å². The normalized spacial score (nSPS) is 12.1. The zero-order valence-electron chi connectivity index (χ0n) is 13.0. The number of nitrogens with one attached hydrogen (secondary N) is 1. The van der Waals surface area contributed by atoms with Gasteiger partial charge in [0.05, 0.1) is 29.0 Å². The standard InChI is InChI=1S/C16H16ClNO6/c1-3-11(15(21)22)18-14(20)5-9-7(2)8-4-10(17)12(19)6-13(8)24-16(9)23/h4,6,11,19H,3,5H2,1-2H3,(H,18,20)(H,21,22)/p-1/t11-/m0/s1. The van der Waals surface area contributed by atoms with Crippen LogP contribution in [0.2, 0.25) is 5.02 Å². The molecule has 0 saturated carbocycles. The van der Waals surface area contributed by atoms with Gasteiger partial charge in [-0.1, -0.05) is 18.5 Å². The van der Waals surface area contributed by atoms with Crippen LogP contribution in [-0.2, 0) is 16.0 Å². The predicted octanol–water partition coefficient (Wildman–Crippen LogP) is 0.648. The summed E-state index contributed by atoms with van der Waals surface area (Å²) in [5.41, 5.74) is -0.0298. The molecule has 0 spiro atoms. The van der Waals surface area contributed by atoms with Crippen molar-refractivity contribution < 1.29 is 24.2 Å². The van der Waals surface area contributed by atoms with E-state index < -0.39 is 23.5 Å². The fraction of sp³-hybridized carbons (Fsp3) is 0.312. The number of amides is 1. The van der Waals surface area contributed by atoms with Gasteiger partial charge in [-0.2, -0.15) is 0 Å². The van der Waals surface area contributed by atoms with E-state index in [4.69, 9.17) is 16.0 Å². The molecule has 2 N–H and O–H groups in total. The molecule has 8 heteroatoms. The van der Waals surface area contributed by atoms with Crippen LogP contribution in [0.1, 0.15) is 24.5 Å². The molecule has 0 unspecified atom stereocenters. The topological polar surface area (TPSA) is 120 Å². The van der Waals surface area contributed by atoms with Crippen molar-refractivity contribution in [1.82, 2.24) is 5.32 Å². The summed E-state index contributed by atoms with van der Waals surface area (Å²) in [5.74, 6) is -2.25. The van der Waals surface area contributed by atoms with E-state index in [1.54, 1.807) is 13.8 Å². The van der Waals surface area contributed by atoms with Crippen molar-refractivity contribution in [2.45, 2.75) is 32.7 Å². The Morgan fingerprint density at radius 2 is 2.08 bits per heavy atom. The van der Waals surface area contributed by atoms with E-state index in [2.05, 4.69) is 5.32 Å². The van der Waals surface area contributed by atoms with E-state index in [0.29, 0.717) is 10.9 Å². The van der Waals surface area contributed by atoms with Gasteiger partial charge in [0.1, 0.15) is 11.3 Å². The van der Waals surface area contributed by atoms with Crippen LogP contribution in [0.25, 0.3) is 11.0 Å². The summed E-state index contributed by atoms with van der Waals surface area (Å²) in [6.07, 6.45) is -0.180. The van der Waals surface area contributed by atoms with Gasteiger partial charge in [-0.05, 0) is 25.0 Å². The molecule has 0 aliphatic carbocycles. The minimum atomic E-state index is -1.39. The SMILES string of the molecule is CC[C@H](NC(=O)Cc1c(C)c2cc(Cl)c(O)cc2oc1=O)C(=O)[O-]. The van der Waals surface area contributed by atoms with E-state index in [-0.39, 0.29) is 34.8 Å². The monoisotopic (exact) mass is 352 g/mol. The average molecular weight is 353 g/mol. The van der Waals surface area contributed by atoms with E-state index >= 15 is 0 Å². The molecule has 0 aliphatic heterocycles. The number of aryl methyl sites for hydroxylation is 1. The molecule has 7 nitrogen and oxygen atoms in total. The molecular formula is C16H15ClNO6-. The summed E-state index contributed by atoms with van der Waals surface area (Å²) in [6, 6.07) is 1.53. The maximum Gasteiger partial charge on any atom is 0.340 e. The zero-order valence-corrected chi connectivity index (χ0v) is 13.8. The smallest absolute Gasteiger partial charge is 0.340 e. The summed E-state index contributed by atoms with van der Waals surface area (Å²) >= 11 is 5.86. The number of aliphatic carboxylic acids is 1. The van der Waals surface area contributed by atoms with Crippen molar-refractivity contribution in [3.8, 4) is 5.75 Å². The molecule has 1 amide bonds. The maximum atomic E-state index is 12.1. The summed E-state index contributed by atoms with van der Waals surface area (Å²) in [4.78, 5) is 34.9. The number of hydrogen-bond acceptors (Lipinski definition) is 6. The van der Waals surface area contributed by atoms with E-state index in [9.17, 15) is 24.6 Å². The lowest BCUT2D eigenvalue weighted by Gasteiger charge is -2.18. The molecule has 1 aromatic heterocycles. The number of carboxylic acid groups (broad SMARTS) is 1. The number of carbonyl (C=O) groups excluding carboxylic acids is 2. The quantitative estimate of drug-likeness (QED) is 0.762. The molecule has 2 rings (SSSR count). The first-order valence-corrected chi connectivity index (χ1v) is 7.57. The third-order valence-electron chi connectivity index (χ3n) is 3.72. The fourth-order valence-electron chi connectivity index (χ4n) is 2.34. The first-order chi connectivity index (χ1) is 11.2. The van der Waals surface area contributed by atoms with Crippen LogP contribution in [0.5, 0.6) is 5.75 Å². The first-order valence-electron chi connectivity index (χ1n) is 7.19. The Kier molecular flexibility index (Phi) is 5.14. The Bertz CT molecular complexity index is 873. The van der Waals surface area contributed by atoms with E-state index in [1.165, 1.54) is 12.1 Å². The number of fused-ring (bicyclic) bond motifs is 1. The largest absolute Gasteiger partial charge is 0.548 e. The highest BCUT2D eigenvalue weighted by Gasteiger charge is 2.18. The maximum absolute atomic E-state index is 12.1. The second kappa shape index (κ2) is 6.92. The van der Waals surface area contributed by atoms with Gasteiger partial charge in [0, 0.05) is 11.5 Å². The van der Waals surface area contributed by atoms with Gasteiger partial charge in [-0.3, -0.25) is 4.79 Å². The van der Waals surface area contributed by atoms with Crippen molar-refractivity contribution in [3.63, 3.8) is 0 Å². The molecule has 0 saturated heterocycles. The van der Waals surface area contributed by atoms with Crippen molar-refractivity contribution in [2.24, 2.45) is 0 Å². The van der Waals surface area contributed by atoms with Crippen molar-refractivity contribution >= 4 is 34.4 Å². The highest BCUT2D eigenvalue weighted by atomic mass is 35.5. The van der Waals surface area contributed by atoms with Crippen molar-refractivity contribution in [2.75, 3.05) is 0 Å². The van der Waals surface area contributed by atoms with Crippen LogP contribution in [0.3, 0.4) is 0 Å². The van der Waals surface area contributed by atoms with Gasteiger partial charge in [0.25, 0.3) is 0 Å². The van der Waals surface area contributed by atoms with E-state index in [1.807, 2.05) is 0 Å². The van der Waals surface area contributed by atoms with Gasteiger partial charge >= 0.3 is 5.63 Å². The summed E-state index contributed by atoms with van der Waals surface area (Å²) in [7, 11) is 0. The Morgan fingerprint density at radius 3 is 2.67 bits per heavy atom. The molecule has 128 valence electrons. The molecule has 24 heavy (non-hydrogen) atoms. The second-order valence-electron chi connectivity index (χ2n) is 5.32. The second-order valence-corrected chi connectivity index (χ2v) is 5.72. The molecule has 2 aromatic rings. The van der Waals surface area contributed by atoms with Gasteiger partial charge in [-0.15, -0.1) is 0 Å². The van der Waals surface area contributed by atoms with Crippen LogP contribution >= 0.6 is 11.6 Å². The molecule has 0 aliphatic rings. The third-order valence-corrected chi connectivity index (χ3v) is 4.02. The van der Waals surface area contributed by atoms with Crippen LogP contribution in [0, 0.1) is 6.92 Å². The Hall–Kier alpha value is -2.54. The molecule has 0 bridgehead atoms. The number of carbonyl (C=O) groups is 2. The minimum Gasteiger partial charge on any atom is -0.548 e. The number of aromatic hydroxyl groups is 1. The Balaban J connectivity index is 2.39. The molecule has 0 radical (unpaired) electrons. The fourth-order valence-corrected chi connectivity index (χ4v) is 2.50. The summed E-state index contributed by atoms with van der Waals surface area (Å²) < 4.78 is 5.11. The molecule has 1 aromatic carbocycles. The molecular weight excluding hydrogens is 338 g/mol. The Morgan fingerprint density at radius 1 is 1.42 bits per heavy atom. The molecule has 0 fully saturated rings. The zero-order chi connectivity index (χ0) is 18.0. The minimum absolute atomic E-state index is 0.0813. The lowest BCUT2D eigenvalue weighted by molar-refractivity contribution is -0.308. The number of hydrogen-bond donors (Lipinski definition) is 2. The third kappa shape index (κ3) is 3.51. The number of rotatable bonds is 5. The lowest BCUT2D eigenvalue weighted by atomic mass is 10.0. The van der Waals surface area contributed by atoms with Crippen LogP contribution in [0.15, 0.2) is 21.3 Å². The lowest BCUT2D eigenvalue weighted by Crippen LogP contribution is -2.48. The summed E-state index contributed by atoms with van der Waals surface area (Å²) in [6.45, 7) is 3.20. The van der Waals surface area contributed by atoms with E-state index in [0.717, 1.165) is 0 Å². The van der Waals surface area contributed by atoms with Crippen LogP contribution in [-0.4, -0.2) is 23.0 Å². The number of phenolic OH excluding ortho intramolecular Hbond substituents is 1. The Labute approximate surface area is 141 Å². The predicted molar refractivity (Wildman–Crippen MR) is 84.8 cm³/mol. The van der Waals surface area contributed by atoms with Crippen molar-refractivity contribution in [3.05, 3.63) is 38.7 Å². The molecule has 1 heterocycles. The van der Waals surface area contributed by atoms with Gasteiger partial charge in [0.2, 0.25) is 5.91 Å². The van der Waals surface area contributed by atoms with Crippen molar-refractivity contribution in [1.29, 1.82) is 0 Å². The number of carboxylic acids is 1. The average Bonchev–Trinajstić information content (AvgIpc) is 2.51. The number of halogens is 1. The van der Waals surface area contributed by atoms with Crippen LogP contribution in [0.4, 0.5) is 0 Å². The number of phenols is 1.